The Labute approximate surface area is 134 Å². The highest BCUT2D eigenvalue weighted by Crippen LogP contribution is 2.30. The Hall–Kier alpha value is -1.63. The SMILES string of the molecule is COC(=O)c1nc(NC(=O)NC2CCCCC2)sc1C(C)C. The number of methoxy groups -OCH3 is 1. The van der Waals surface area contributed by atoms with E-state index in [1.54, 1.807) is 0 Å². The molecule has 1 heterocycles. The summed E-state index contributed by atoms with van der Waals surface area (Å²) in [5.74, 6) is -0.329. The third-order valence-electron chi connectivity index (χ3n) is 3.72. The van der Waals surface area contributed by atoms with Gasteiger partial charge >= 0.3 is 12.0 Å². The van der Waals surface area contributed by atoms with Crippen molar-refractivity contribution in [2.75, 3.05) is 12.4 Å². The molecule has 1 aromatic rings. The van der Waals surface area contributed by atoms with Crippen LogP contribution in [-0.2, 0) is 4.74 Å². The van der Waals surface area contributed by atoms with Crippen LogP contribution in [0.25, 0.3) is 0 Å². The molecule has 22 heavy (non-hydrogen) atoms. The number of anilines is 1. The third-order valence-corrected chi connectivity index (χ3v) is 4.99. The standard InChI is InChI=1S/C15H23N3O3S/c1-9(2)12-11(13(19)21-3)17-15(22-12)18-14(20)16-10-7-5-4-6-8-10/h9-10H,4-8H2,1-3H3,(H2,16,17,18,20). The van der Waals surface area contributed by atoms with Crippen molar-refractivity contribution in [1.82, 2.24) is 10.3 Å². The molecule has 0 unspecified atom stereocenters. The maximum atomic E-state index is 12.0. The number of ether oxygens (including phenoxy) is 1. The number of aromatic nitrogens is 1. The van der Waals surface area contributed by atoms with E-state index in [0.29, 0.717) is 5.13 Å². The summed E-state index contributed by atoms with van der Waals surface area (Å²) in [6, 6.07) is -0.0225. The van der Waals surface area contributed by atoms with Gasteiger partial charge in [-0.25, -0.2) is 14.6 Å². The Bertz CT molecular complexity index is 536. The van der Waals surface area contributed by atoms with Gasteiger partial charge in [-0.05, 0) is 18.8 Å². The number of esters is 1. The number of rotatable bonds is 4. The summed E-state index contributed by atoms with van der Waals surface area (Å²) in [7, 11) is 1.33. The number of thiazole rings is 1. The lowest BCUT2D eigenvalue weighted by molar-refractivity contribution is 0.0593. The summed E-state index contributed by atoms with van der Waals surface area (Å²) < 4.78 is 4.74. The topological polar surface area (TPSA) is 80.3 Å². The van der Waals surface area contributed by atoms with Gasteiger partial charge in [-0.15, -0.1) is 11.3 Å². The van der Waals surface area contributed by atoms with Crippen LogP contribution in [-0.4, -0.2) is 30.1 Å². The van der Waals surface area contributed by atoms with E-state index in [0.717, 1.165) is 30.6 Å². The van der Waals surface area contributed by atoms with Gasteiger partial charge in [0.1, 0.15) is 0 Å². The monoisotopic (exact) mass is 325 g/mol. The van der Waals surface area contributed by atoms with Crippen molar-refractivity contribution < 1.29 is 14.3 Å². The Morgan fingerprint density at radius 3 is 2.55 bits per heavy atom. The number of carbonyl (C=O) groups excluding carboxylic acids is 2. The molecule has 0 saturated heterocycles. The number of hydrogen-bond acceptors (Lipinski definition) is 5. The van der Waals surface area contributed by atoms with E-state index >= 15 is 0 Å². The molecule has 7 heteroatoms. The molecule has 0 atom stereocenters. The van der Waals surface area contributed by atoms with E-state index in [9.17, 15) is 9.59 Å². The Morgan fingerprint density at radius 2 is 1.95 bits per heavy atom. The van der Waals surface area contributed by atoms with Crippen molar-refractivity contribution in [2.24, 2.45) is 0 Å². The average Bonchev–Trinajstić information content (AvgIpc) is 2.91. The summed E-state index contributed by atoms with van der Waals surface area (Å²) in [6.07, 6.45) is 5.61. The molecule has 6 nitrogen and oxygen atoms in total. The van der Waals surface area contributed by atoms with Crippen LogP contribution < -0.4 is 10.6 Å². The Morgan fingerprint density at radius 1 is 1.27 bits per heavy atom. The molecule has 0 aliphatic heterocycles. The van der Waals surface area contributed by atoms with Crippen LogP contribution in [0, 0.1) is 0 Å². The second kappa shape index (κ2) is 7.58. The Balaban J connectivity index is 2.02. The normalized spacial score (nSPS) is 15.6. The minimum atomic E-state index is -0.472. The largest absolute Gasteiger partial charge is 0.464 e. The van der Waals surface area contributed by atoms with E-state index in [1.165, 1.54) is 24.9 Å². The van der Waals surface area contributed by atoms with Crippen molar-refractivity contribution in [3.05, 3.63) is 10.6 Å². The molecular formula is C15H23N3O3S. The van der Waals surface area contributed by atoms with E-state index in [2.05, 4.69) is 15.6 Å². The zero-order valence-corrected chi connectivity index (χ0v) is 14.1. The lowest BCUT2D eigenvalue weighted by Crippen LogP contribution is -2.39. The van der Waals surface area contributed by atoms with Gasteiger partial charge in [-0.3, -0.25) is 5.32 Å². The number of nitrogens with zero attached hydrogens (tertiary/aromatic N) is 1. The van der Waals surface area contributed by atoms with Gasteiger partial charge in [0.15, 0.2) is 10.8 Å². The fourth-order valence-electron chi connectivity index (χ4n) is 2.59. The average molecular weight is 325 g/mol. The molecule has 0 aromatic carbocycles. The van der Waals surface area contributed by atoms with Gasteiger partial charge in [0.25, 0.3) is 0 Å². The van der Waals surface area contributed by atoms with Gasteiger partial charge in [0.2, 0.25) is 0 Å². The molecule has 0 radical (unpaired) electrons. The van der Waals surface area contributed by atoms with Gasteiger partial charge in [0.05, 0.1) is 7.11 Å². The summed E-state index contributed by atoms with van der Waals surface area (Å²) >= 11 is 1.32. The second-order valence-corrected chi connectivity index (χ2v) is 6.84. The molecule has 0 bridgehead atoms. The van der Waals surface area contributed by atoms with Gasteiger partial charge < -0.3 is 10.1 Å². The van der Waals surface area contributed by atoms with Crippen molar-refractivity contribution in [3.63, 3.8) is 0 Å². The first-order valence-corrected chi connectivity index (χ1v) is 8.49. The van der Waals surface area contributed by atoms with Crippen molar-refractivity contribution in [2.45, 2.75) is 57.9 Å². The first-order valence-electron chi connectivity index (χ1n) is 7.67. The van der Waals surface area contributed by atoms with Crippen LogP contribution in [0.5, 0.6) is 0 Å². The molecule has 2 rings (SSSR count). The minimum absolute atomic E-state index is 0.142. The van der Waals surface area contributed by atoms with E-state index < -0.39 is 5.97 Å². The smallest absolute Gasteiger partial charge is 0.357 e. The molecule has 1 fully saturated rings. The molecule has 0 spiro atoms. The van der Waals surface area contributed by atoms with Crippen LogP contribution in [0.3, 0.4) is 0 Å². The maximum absolute atomic E-state index is 12.0. The maximum Gasteiger partial charge on any atom is 0.357 e. The first kappa shape index (κ1) is 16.7. The second-order valence-electron chi connectivity index (χ2n) is 5.81. The summed E-state index contributed by atoms with van der Waals surface area (Å²) in [5.41, 5.74) is 0.287. The first-order chi connectivity index (χ1) is 10.5. The zero-order chi connectivity index (χ0) is 16.1. The van der Waals surface area contributed by atoms with Gasteiger partial charge in [-0.1, -0.05) is 33.1 Å². The Kier molecular flexibility index (Phi) is 5.76. The van der Waals surface area contributed by atoms with Crippen LogP contribution in [0.15, 0.2) is 0 Å². The molecule has 2 amide bonds. The van der Waals surface area contributed by atoms with Crippen LogP contribution in [0.2, 0.25) is 0 Å². The molecule has 122 valence electrons. The fraction of sp³-hybridized carbons (Fsp3) is 0.667. The van der Waals surface area contributed by atoms with Crippen LogP contribution >= 0.6 is 11.3 Å². The number of urea groups is 1. The number of nitrogens with one attached hydrogen (secondary N) is 2. The summed E-state index contributed by atoms with van der Waals surface area (Å²) in [6.45, 7) is 3.96. The number of amides is 2. The van der Waals surface area contributed by atoms with Crippen LogP contribution in [0.1, 0.15) is 67.2 Å². The zero-order valence-electron chi connectivity index (χ0n) is 13.3. The van der Waals surface area contributed by atoms with E-state index in [1.807, 2.05) is 13.8 Å². The lowest BCUT2D eigenvalue weighted by Gasteiger charge is -2.22. The van der Waals surface area contributed by atoms with E-state index in [4.69, 9.17) is 4.74 Å². The highest BCUT2D eigenvalue weighted by Gasteiger charge is 2.22. The van der Waals surface area contributed by atoms with Crippen molar-refractivity contribution in [3.8, 4) is 0 Å². The number of carbonyl (C=O) groups is 2. The fourth-order valence-corrected chi connectivity index (χ4v) is 3.54. The molecule has 2 N–H and O–H groups in total. The minimum Gasteiger partial charge on any atom is -0.464 e. The summed E-state index contributed by atoms with van der Waals surface area (Å²) in [5, 5.41) is 6.13. The molecule has 1 saturated carbocycles. The molecule has 1 aliphatic rings. The van der Waals surface area contributed by atoms with Crippen LogP contribution in [0.4, 0.5) is 9.93 Å². The van der Waals surface area contributed by atoms with Crippen molar-refractivity contribution in [1.29, 1.82) is 0 Å². The quantitative estimate of drug-likeness (QED) is 0.830. The predicted molar refractivity (Wildman–Crippen MR) is 86.6 cm³/mol. The highest BCUT2D eigenvalue weighted by atomic mass is 32.1. The molecule has 1 aliphatic carbocycles. The summed E-state index contributed by atoms with van der Waals surface area (Å²) in [4.78, 5) is 28.8. The van der Waals surface area contributed by atoms with Crippen molar-refractivity contribution >= 4 is 28.5 Å². The van der Waals surface area contributed by atoms with Gasteiger partial charge in [-0.2, -0.15) is 0 Å². The van der Waals surface area contributed by atoms with Gasteiger partial charge in [0, 0.05) is 10.9 Å². The molecule has 1 aromatic heterocycles. The third kappa shape index (κ3) is 4.19. The lowest BCUT2D eigenvalue weighted by atomic mass is 9.96. The number of hydrogen-bond donors (Lipinski definition) is 2. The predicted octanol–water partition coefficient (Wildman–Crippen LogP) is 3.51. The highest BCUT2D eigenvalue weighted by molar-refractivity contribution is 7.16. The van der Waals surface area contributed by atoms with E-state index in [-0.39, 0.29) is 23.7 Å². The molecular weight excluding hydrogens is 302 g/mol.